The standard InChI is InChI=1S/C24H28N4O5/c1-6-8-19(29)32-21-18(31-5)11-12-25-20(21)23(30)26-15(4)24-27-22(28-33-24)17-10-7-9-16(13-17)14(2)3/h7,9-15H,6,8H2,1-5H3,(H,26,30)/t15-/m0/s1. The molecule has 0 fully saturated rings. The van der Waals surface area contributed by atoms with Crippen molar-refractivity contribution in [1.82, 2.24) is 20.4 Å². The van der Waals surface area contributed by atoms with Crippen molar-refractivity contribution in [2.45, 2.75) is 52.5 Å². The van der Waals surface area contributed by atoms with Gasteiger partial charge in [0.1, 0.15) is 6.04 Å². The van der Waals surface area contributed by atoms with Crippen LogP contribution in [0, 0.1) is 0 Å². The average Bonchev–Trinajstić information content (AvgIpc) is 3.30. The Morgan fingerprint density at radius 2 is 1.97 bits per heavy atom. The molecule has 174 valence electrons. The Labute approximate surface area is 192 Å². The molecule has 0 unspecified atom stereocenters. The molecule has 1 amide bonds. The zero-order valence-corrected chi connectivity index (χ0v) is 19.4. The predicted octanol–water partition coefficient (Wildman–Crippen LogP) is 4.46. The first-order chi connectivity index (χ1) is 15.8. The number of esters is 1. The largest absolute Gasteiger partial charge is 0.493 e. The molecule has 0 saturated heterocycles. The number of aromatic nitrogens is 3. The number of rotatable bonds is 9. The Morgan fingerprint density at radius 1 is 1.18 bits per heavy atom. The second kappa shape index (κ2) is 10.7. The molecule has 9 nitrogen and oxygen atoms in total. The predicted molar refractivity (Wildman–Crippen MR) is 121 cm³/mol. The van der Waals surface area contributed by atoms with Crippen molar-refractivity contribution in [1.29, 1.82) is 0 Å². The number of carbonyl (C=O) groups is 2. The van der Waals surface area contributed by atoms with Gasteiger partial charge in [-0.05, 0) is 30.9 Å². The highest BCUT2D eigenvalue weighted by atomic mass is 16.6. The van der Waals surface area contributed by atoms with Crippen LogP contribution < -0.4 is 14.8 Å². The summed E-state index contributed by atoms with van der Waals surface area (Å²) in [6.07, 6.45) is 2.22. The number of amides is 1. The molecule has 0 bridgehead atoms. The van der Waals surface area contributed by atoms with E-state index in [4.69, 9.17) is 14.0 Å². The molecule has 2 heterocycles. The zero-order valence-electron chi connectivity index (χ0n) is 19.4. The van der Waals surface area contributed by atoms with E-state index >= 15 is 0 Å². The minimum atomic E-state index is -0.612. The average molecular weight is 453 g/mol. The summed E-state index contributed by atoms with van der Waals surface area (Å²) in [5.41, 5.74) is 1.92. The number of hydrogen-bond donors (Lipinski definition) is 1. The molecule has 0 aliphatic rings. The number of benzene rings is 1. The van der Waals surface area contributed by atoms with Crippen LogP contribution in [-0.2, 0) is 4.79 Å². The number of methoxy groups -OCH3 is 1. The van der Waals surface area contributed by atoms with E-state index in [0.717, 1.165) is 11.1 Å². The number of hydrogen-bond acceptors (Lipinski definition) is 8. The van der Waals surface area contributed by atoms with Crippen LogP contribution in [0.25, 0.3) is 11.4 Å². The molecule has 0 saturated carbocycles. The van der Waals surface area contributed by atoms with Crippen molar-refractivity contribution in [2.75, 3.05) is 7.11 Å². The maximum Gasteiger partial charge on any atom is 0.311 e. The number of pyridine rings is 1. The molecule has 0 aliphatic heterocycles. The molecule has 33 heavy (non-hydrogen) atoms. The van der Waals surface area contributed by atoms with Crippen LogP contribution in [0.2, 0.25) is 0 Å². The topological polar surface area (TPSA) is 116 Å². The molecule has 0 spiro atoms. The minimum Gasteiger partial charge on any atom is -0.493 e. The highest BCUT2D eigenvalue weighted by molar-refractivity contribution is 5.96. The summed E-state index contributed by atoms with van der Waals surface area (Å²) in [5.74, 6) is 0.198. The quantitative estimate of drug-likeness (QED) is 0.473. The minimum absolute atomic E-state index is 0.0279. The Hall–Kier alpha value is -3.75. The molecule has 3 aromatic rings. The first-order valence-electron chi connectivity index (χ1n) is 10.8. The van der Waals surface area contributed by atoms with Gasteiger partial charge in [0.2, 0.25) is 17.5 Å². The van der Waals surface area contributed by atoms with Gasteiger partial charge in [-0.15, -0.1) is 0 Å². The van der Waals surface area contributed by atoms with E-state index in [0.29, 0.717) is 18.2 Å². The van der Waals surface area contributed by atoms with Gasteiger partial charge < -0.3 is 19.3 Å². The molecule has 1 aromatic carbocycles. The second-order valence-corrected chi connectivity index (χ2v) is 7.85. The number of ether oxygens (including phenoxy) is 2. The number of carbonyl (C=O) groups excluding carboxylic acids is 2. The monoisotopic (exact) mass is 452 g/mol. The smallest absolute Gasteiger partial charge is 0.311 e. The molecule has 3 rings (SSSR count). The Kier molecular flexibility index (Phi) is 7.76. The summed E-state index contributed by atoms with van der Waals surface area (Å²) < 4.78 is 16.0. The van der Waals surface area contributed by atoms with Gasteiger partial charge in [-0.1, -0.05) is 44.1 Å². The van der Waals surface area contributed by atoms with E-state index in [1.54, 1.807) is 6.92 Å². The summed E-state index contributed by atoms with van der Waals surface area (Å²) in [6.45, 7) is 7.79. The first-order valence-corrected chi connectivity index (χ1v) is 10.8. The Morgan fingerprint density at radius 3 is 2.67 bits per heavy atom. The maximum atomic E-state index is 12.9. The van der Waals surface area contributed by atoms with E-state index in [-0.39, 0.29) is 29.5 Å². The summed E-state index contributed by atoms with van der Waals surface area (Å²) in [7, 11) is 1.42. The molecule has 9 heteroatoms. The van der Waals surface area contributed by atoms with E-state index in [1.165, 1.54) is 19.4 Å². The van der Waals surface area contributed by atoms with Crippen molar-refractivity contribution in [2.24, 2.45) is 0 Å². The lowest BCUT2D eigenvalue weighted by molar-refractivity contribution is -0.134. The van der Waals surface area contributed by atoms with Crippen LogP contribution in [0.15, 0.2) is 41.1 Å². The third-order valence-electron chi connectivity index (χ3n) is 4.94. The van der Waals surface area contributed by atoms with Gasteiger partial charge in [0.15, 0.2) is 11.4 Å². The maximum absolute atomic E-state index is 12.9. The summed E-state index contributed by atoms with van der Waals surface area (Å²) in [5, 5.41) is 6.81. The van der Waals surface area contributed by atoms with Gasteiger partial charge in [0.25, 0.3) is 5.91 Å². The van der Waals surface area contributed by atoms with Gasteiger partial charge in [-0.2, -0.15) is 4.98 Å². The number of nitrogens with zero attached hydrogens (tertiary/aromatic N) is 3. The van der Waals surface area contributed by atoms with E-state index in [2.05, 4.69) is 34.3 Å². The first kappa shape index (κ1) is 23.9. The highest BCUT2D eigenvalue weighted by Crippen LogP contribution is 2.30. The molecule has 1 N–H and O–H groups in total. The normalized spacial score (nSPS) is 11.8. The van der Waals surface area contributed by atoms with Crippen molar-refractivity contribution < 1.29 is 23.6 Å². The SMILES string of the molecule is CCCC(=O)Oc1c(OC)ccnc1C(=O)N[C@@H](C)c1nc(-c2cccc(C(C)C)c2)no1. The van der Waals surface area contributed by atoms with Gasteiger partial charge in [0, 0.05) is 24.2 Å². The fourth-order valence-corrected chi connectivity index (χ4v) is 3.11. The fourth-order valence-electron chi connectivity index (χ4n) is 3.11. The second-order valence-electron chi connectivity index (χ2n) is 7.85. The summed E-state index contributed by atoms with van der Waals surface area (Å²) in [4.78, 5) is 33.5. The van der Waals surface area contributed by atoms with Gasteiger partial charge >= 0.3 is 5.97 Å². The fraction of sp³-hybridized carbons (Fsp3) is 0.375. The van der Waals surface area contributed by atoms with Crippen molar-refractivity contribution >= 4 is 11.9 Å². The zero-order chi connectivity index (χ0) is 24.0. The van der Waals surface area contributed by atoms with Gasteiger partial charge in [-0.25, -0.2) is 4.98 Å². The molecule has 2 aromatic heterocycles. The lowest BCUT2D eigenvalue weighted by atomic mass is 10.0. The van der Waals surface area contributed by atoms with Gasteiger partial charge in [-0.3, -0.25) is 9.59 Å². The van der Waals surface area contributed by atoms with Crippen LogP contribution >= 0.6 is 0 Å². The third kappa shape index (κ3) is 5.74. The van der Waals surface area contributed by atoms with E-state index in [1.807, 2.05) is 31.2 Å². The van der Waals surface area contributed by atoms with E-state index in [9.17, 15) is 9.59 Å². The Bertz CT molecular complexity index is 1130. The number of nitrogens with one attached hydrogen (secondary N) is 1. The van der Waals surface area contributed by atoms with Crippen molar-refractivity contribution in [3.05, 3.63) is 53.7 Å². The van der Waals surface area contributed by atoms with Crippen LogP contribution in [0.5, 0.6) is 11.5 Å². The van der Waals surface area contributed by atoms with Crippen LogP contribution in [0.1, 0.15) is 74.4 Å². The summed E-state index contributed by atoms with van der Waals surface area (Å²) in [6, 6.07) is 8.82. The van der Waals surface area contributed by atoms with Gasteiger partial charge in [0.05, 0.1) is 7.11 Å². The van der Waals surface area contributed by atoms with Crippen molar-refractivity contribution in [3.8, 4) is 22.9 Å². The lowest BCUT2D eigenvalue weighted by Crippen LogP contribution is -2.28. The van der Waals surface area contributed by atoms with Crippen molar-refractivity contribution in [3.63, 3.8) is 0 Å². The highest BCUT2D eigenvalue weighted by Gasteiger charge is 2.25. The molecular formula is C24H28N4O5. The van der Waals surface area contributed by atoms with E-state index < -0.39 is 17.9 Å². The van der Waals surface area contributed by atoms with Crippen LogP contribution in [0.3, 0.4) is 0 Å². The third-order valence-corrected chi connectivity index (χ3v) is 4.94. The Balaban J connectivity index is 1.79. The summed E-state index contributed by atoms with van der Waals surface area (Å²) >= 11 is 0. The molecule has 0 aliphatic carbocycles. The van der Waals surface area contributed by atoms with Crippen LogP contribution in [0.4, 0.5) is 0 Å². The van der Waals surface area contributed by atoms with Crippen LogP contribution in [-0.4, -0.2) is 34.1 Å². The molecule has 0 radical (unpaired) electrons. The molecular weight excluding hydrogens is 424 g/mol. The molecule has 1 atom stereocenters. The lowest BCUT2D eigenvalue weighted by Gasteiger charge is -2.14.